The summed E-state index contributed by atoms with van der Waals surface area (Å²) < 4.78 is 1.82. The number of carbonyl (C=O) groups is 1. The molecule has 0 bridgehead atoms. The monoisotopic (exact) mass is 379 g/mol. The second-order valence-corrected chi connectivity index (χ2v) is 9.29. The Morgan fingerprint density at radius 1 is 1.25 bits per heavy atom. The van der Waals surface area contributed by atoms with Crippen molar-refractivity contribution in [1.29, 1.82) is 0 Å². The molecule has 0 atom stereocenters. The molecule has 148 valence electrons. The first-order chi connectivity index (χ1) is 13.3. The highest BCUT2D eigenvalue weighted by atomic mass is 16.2. The van der Waals surface area contributed by atoms with Gasteiger partial charge in [-0.15, -0.1) is 5.10 Å². The fourth-order valence-electron chi connectivity index (χ4n) is 4.37. The van der Waals surface area contributed by atoms with E-state index in [-0.39, 0.29) is 11.3 Å². The van der Waals surface area contributed by atoms with Crippen LogP contribution in [0.5, 0.6) is 0 Å². The molecule has 0 unspecified atom stereocenters. The number of nitrogens with zero attached hydrogens (tertiary/aromatic N) is 5. The number of tetrazole rings is 1. The SMILES string of the molecule is Cc1cccc2cc(CN(C(=O)CC(C)(C)C)C3CCCC3)c3nnnn3c12. The third-order valence-electron chi connectivity index (χ3n) is 5.68. The van der Waals surface area contributed by atoms with Crippen molar-refractivity contribution >= 4 is 22.5 Å². The molecule has 3 aromatic rings. The van der Waals surface area contributed by atoms with Gasteiger partial charge in [-0.3, -0.25) is 4.79 Å². The van der Waals surface area contributed by atoms with Crippen LogP contribution in [0.15, 0.2) is 24.3 Å². The lowest BCUT2D eigenvalue weighted by Gasteiger charge is -2.32. The van der Waals surface area contributed by atoms with E-state index in [9.17, 15) is 4.79 Å². The zero-order valence-corrected chi connectivity index (χ0v) is 17.3. The molecule has 0 radical (unpaired) electrons. The first-order valence-corrected chi connectivity index (χ1v) is 10.2. The van der Waals surface area contributed by atoms with Crippen LogP contribution in [0.25, 0.3) is 16.6 Å². The maximum absolute atomic E-state index is 13.2. The normalized spacial score (nSPS) is 15.6. The van der Waals surface area contributed by atoms with Crippen molar-refractivity contribution in [3.63, 3.8) is 0 Å². The van der Waals surface area contributed by atoms with Gasteiger partial charge in [-0.25, -0.2) is 0 Å². The van der Waals surface area contributed by atoms with Crippen molar-refractivity contribution in [3.8, 4) is 0 Å². The number of hydrogen-bond donors (Lipinski definition) is 0. The average molecular weight is 380 g/mol. The van der Waals surface area contributed by atoms with Gasteiger partial charge >= 0.3 is 0 Å². The van der Waals surface area contributed by atoms with Crippen molar-refractivity contribution in [2.45, 2.75) is 72.4 Å². The van der Waals surface area contributed by atoms with E-state index >= 15 is 0 Å². The number of fused-ring (bicyclic) bond motifs is 3. The summed E-state index contributed by atoms with van der Waals surface area (Å²) in [7, 11) is 0. The van der Waals surface area contributed by atoms with Gasteiger partial charge in [0, 0.05) is 30.0 Å². The van der Waals surface area contributed by atoms with E-state index in [1.807, 2.05) is 4.52 Å². The Hall–Kier alpha value is -2.50. The molecule has 2 aromatic heterocycles. The largest absolute Gasteiger partial charge is 0.335 e. The van der Waals surface area contributed by atoms with Gasteiger partial charge in [0.1, 0.15) is 0 Å². The highest BCUT2D eigenvalue weighted by molar-refractivity contribution is 5.86. The smallest absolute Gasteiger partial charge is 0.223 e. The Kier molecular flexibility index (Phi) is 4.81. The number of hydrogen-bond acceptors (Lipinski definition) is 4. The Morgan fingerprint density at radius 2 is 2.00 bits per heavy atom. The van der Waals surface area contributed by atoms with Crippen LogP contribution < -0.4 is 0 Å². The molecule has 0 N–H and O–H groups in total. The lowest BCUT2D eigenvalue weighted by molar-refractivity contribution is -0.136. The van der Waals surface area contributed by atoms with Gasteiger partial charge in [0.2, 0.25) is 5.91 Å². The van der Waals surface area contributed by atoms with Crippen LogP contribution in [0.2, 0.25) is 0 Å². The Bertz CT molecular complexity index is 1010. The van der Waals surface area contributed by atoms with Gasteiger partial charge in [-0.1, -0.05) is 51.8 Å². The van der Waals surface area contributed by atoms with Crippen LogP contribution in [0.1, 0.15) is 64.0 Å². The predicted molar refractivity (Wildman–Crippen MR) is 110 cm³/mol. The summed E-state index contributed by atoms with van der Waals surface area (Å²) in [6.45, 7) is 9.00. The van der Waals surface area contributed by atoms with Crippen molar-refractivity contribution < 1.29 is 4.79 Å². The molecule has 1 saturated carbocycles. The van der Waals surface area contributed by atoms with Crippen LogP contribution in [0.3, 0.4) is 0 Å². The van der Waals surface area contributed by atoms with Crippen molar-refractivity contribution in [2.24, 2.45) is 5.41 Å². The van der Waals surface area contributed by atoms with E-state index in [1.165, 1.54) is 12.8 Å². The van der Waals surface area contributed by atoms with Crippen LogP contribution in [-0.4, -0.2) is 36.9 Å². The quantitative estimate of drug-likeness (QED) is 0.678. The van der Waals surface area contributed by atoms with E-state index in [0.29, 0.717) is 19.0 Å². The number of benzene rings is 1. The molecule has 4 rings (SSSR count). The number of para-hydroxylation sites is 1. The van der Waals surface area contributed by atoms with Crippen LogP contribution >= 0.6 is 0 Å². The number of aromatic nitrogens is 4. The number of aryl methyl sites for hydroxylation is 1. The van der Waals surface area contributed by atoms with Crippen molar-refractivity contribution in [3.05, 3.63) is 35.4 Å². The second-order valence-electron chi connectivity index (χ2n) is 9.29. The number of rotatable bonds is 4. The first-order valence-electron chi connectivity index (χ1n) is 10.2. The summed E-state index contributed by atoms with van der Waals surface area (Å²) in [5, 5.41) is 13.5. The zero-order valence-electron chi connectivity index (χ0n) is 17.3. The summed E-state index contributed by atoms with van der Waals surface area (Å²) in [6, 6.07) is 8.68. The van der Waals surface area contributed by atoms with Gasteiger partial charge in [-0.05, 0) is 47.2 Å². The topological polar surface area (TPSA) is 63.4 Å². The van der Waals surface area contributed by atoms with Gasteiger partial charge in [0.25, 0.3) is 0 Å². The molecular formula is C22H29N5O. The zero-order chi connectivity index (χ0) is 19.9. The molecule has 1 fully saturated rings. The lowest BCUT2D eigenvalue weighted by atomic mass is 9.91. The summed E-state index contributed by atoms with van der Waals surface area (Å²) >= 11 is 0. The average Bonchev–Trinajstić information content (AvgIpc) is 3.29. The maximum Gasteiger partial charge on any atom is 0.223 e. The van der Waals surface area contributed by atoms with Crippen molar-refractivity contribution in [2.75, 3.05) is 0 Å². The van der Waals surface area contributed by atoms with Gasteiger partial charge in [0.05, 0.1) is 5.52 Å². The predicted octanol–water partition coefficient (Wildman–Crippen LogP) is 4.29. The molecule has 1 amide bonds. The highest BCUT2D eigenvalue weighted by Crippen LogP contribution is 2.30. The molecule has 6 heteroatoms. The minimum Gasteiger partial charge on any atom is -0.335 e. The molecule has 28 heavy (non-hydrogen) atoms. The fourth-order valence-corrected chi connectivity index (χ4v) is 4.37. The molecule has 0 spiro atoms. The Labute approximate surface area is 165 Å². The minimum absolute atomic E-state index is 0.0276. The van der Waals surface area contributed by atoms with E-state index in [2.05, 4.69) is 72.4 Å². The number of amides is 1. The molecule has 1 aliphatic rings. The van der Waals surface area contributed by atoms with Gasteiger partial charge < -0.3 is 4.90 Å². The molecule has 2 heterocycles. The molecular weight excluding hydrogens is 350 g/mol. The Balaban J connectivity index is 1.76. The summed E-state index contributed by atoms with van der Waals surface area (Å²) in [4.78, 5) is 15.3. The first kappa shape index (κ1) is 18.8. The second kappa shape index (κ2) is 7.15. The molecule has 0 aliphatic heterocycles. The summed E-state index contributed by atoms with van der Waals surface area (Å²) in [5.74, 6) is 0.231. The van der Waals surface area contributed by atoms with Crippen LogP contribution in [0.4, 0.5) is 0 Å². The molecule has 1 aromatic carbocycles. The summed E-state index contributed by atoms with van der Waals surface area (Å²) in [5.41, 5.74) is 3.89. The number of pyridine rings is 1. The maximum atomic E-state index is 13.2. The molecule has 1 aliphatic carbocycles. The van der Waals surface area contributed by atoms with E-state index < -0.39 is 0 Å². The van der Waals surface area contributed by atoms with Crippen molar-refractivity contribution in [1.82, 2.24) is 24.9 Å². The minimum atomic E-state index is -0.0276. The third-order valence-corrected chi connectivity index (χ3v) is 5.68. The van der Waals surface area contributed by atoms with Gasteiger partial charge in [0.15, 0.2) is 5.65 Å². The highest BCUT2D eigenvalue weighted by Gasteiger charge is 2.30. The van der Waals surface area contributed by atoms with E-state index in [0.717, 1.165) is 40.5 Å². The standard InChI is InChI=1S/C22H29N5O/c1-15-8-7-9-16-12-17(21-23-24-25-27(21)20(15)16)14-26(18-10-5-6-11-18)19(28)13-22(2,3)4/h7-9,12,18H,5-6,10-11,13-14H2,1-4H3. The van der Waals surface area contributed by atoms with Gasteiger partial charge in [-0.2, -0.15) is 4.52 Å². The molecule has 6 nitrogen and oxygen atoms in total. The molecule has 0 saturated heterocycles. The van der Waals surface area contributed by atoms with Crippen LogP contribution in [0, 0.1) is 12.3 Å². The van der Waals surface area contributed by atoms with Crippen LogP contribution in [-0.2, 0) is 11.3 Å². The summed E-state index contributed by atoms with van der Waals surface area (Å²) in [6.07, 6.45) is 5.12. The fraction of sp³-hybridized carbons (Fsp3) is 0.545. The van der Waals surface area contributed by atoms with E-state index in [1.54, 1.807) is 0 Å². The lowest BCUT2D eigenvalue weighted by Crippen LogP contribution is -2.40. The number of carbonyl (C=O) groups excluding carboxylic acids is 1. The Morgan fingerprint density at radius 3 is 2.71 bits per heavy atom. The third kappa shape index (κ3) is 3.60. The van der Waals surface area contributed by atoms with E-state index in [4.69, 9.17) is 0 Å².